The van der Waals surface area contributed by atoms with Gasteiger partial charge in [-0.25, -0.2) is 15.0 Å². The van der Waals surface area contributed by atoms with Gasteiger partial charge in [-0.3, -0.25) is 0 Å². The van der Waals surface area contributed by atoms with E-state index in [0.29, 0.717) is 0 Å². The number of anilines is 1. The predicted molar refractivity (Wildman–Crippen MR) is 92.0 cm³/mol. The Morgan fingerprint density at radius 1 is 1.33 bits per heavy atom. The molecule has 2 rings (SSSR count). The first-order chi connectivity index (χ1) is 9.79. The summed E-state index contributed by atoms with van der Waals surface area (Å²) in [7, 11) is 0. The van der Waals surface area contributed by atoms with Gasteiger partial charge in [-0.05, 0) is 29.3 Å². The fraction of sp³-hybridized carbons (Fsp3) is 0.533. The van der Waals surface area contributed by atoms with Crippen LogP contribution in [0.5, 0.6) is 0 Å². The third kappa shape index (κ3) is 4.23. The van der Waals surface area contributed by atoms with Gasteiger partial charge >= 0.3 is 0 Å². The van der Waals surface area contributed by atoms with Gasteiger partial charge < -0.3 is 5.32 Å². The summed E-state index contributed by atoms with van der Waals surface area (Å²) in [6, 6.07) is 2.03. The molecule has 2 aromatic heterocycles. The summed E-state index contributed by atoms with van der Waals surface area (Å²) in [5.74, 6) is 1.64. The standard InChI is InChI=1S/C15H21BrN4S/c1-6-10-8-17-13(21-10)9(2)18-12-7-11(16)19-14(20-12)15(3,4)5/h7-9H,6H2,1-5H3,(H,18,19,20). The highest BCUT2D eigenvalue weighted by molar-refractivity contribution is 9.10. The SMILES string of the molecule is CCc1cnc(C(C)Nc2cc(Br)nc(C(C)(C)C)n2)s1. The predicted octanol–water partition coefficient (Wildman–Crippen LogP) is 4.73. The lowest BCUT2D eigenvalue weighted by Crippen LogP contribution is -2.18. The molecule has 1 N–H and O–H groups in total. The number of aromatic nitrogens is 3. The quantitative estimate of drug-likeness (QED) is 0.792. The second-order valence-corrected chi connectivity index (χ2v) is 7.99. The summed E-state index contributed by atoms with van der Waals surface area (Å²) in [4.78, 5) is 14.9. The molecule has 0 saturated heterocycles. The first-order valence-electron chi connectivity index (χ1n) is 7.05. The molecule has 1 unspecified atom stereocenters. The molecule has 0 aliphatic carbocycles. The molecule has 4 nitrogen and oxygen atoms in total. The lowest BCUT2D eigenvalue weighted by molar-refractivity contribution is 0.544. The number of hydrogen-bond donors (Lipinski definition) is 1. The van der Waals surface area contributed by atoms with Crippen molar-refractivity contribution in [3.05, 3.63) is 32.6 Å². The highest BCUT2D eigenvalue weighted by atomic mass is 79.9. The minimum atomic E-state index is -0.0833. The smallest absolute Gasteiger partial charge is 0.137 e. The Morgan fingerprint density at radius 2 is 2.05 bits per heavy atom. The zero-order chi connectivity index (χ0) is 15.6. The van der Waals surface area contributed by atoms with Crippen LogP contribution in [0.4, 0.5) is 5.82 Å². The van der Waals surface area contributed by atoms with E-state index in [1.807, 2.05) is 12.3 Å². The largest absolute Gasteiger partial charge is 0.361 e. The Labute approximate surface area is 138 Å². The Kier molecular flexibility index (Phi) is 4.99. The van der Waals surface area contributed by atoms with Crippen molar-refractivity contribution >= 4 is 33.1 Å². The molecule has 0 aliphatic heterocycles. The van der Waals surface area contributed by atoms with Gasteiger partial charge in [0, 0.05) is 22.6 Å². The first-order valence-corrected chi connectivity index (χ1v) is 8.66. The molecule has 0 spiro atoms. The molecule has 0 aliphatic rings. The molecule has 0 amide bonds. The summed E-state index contributed by atoms with van der Waals surface area (Å²) in [5, 5.41) is 4.50. The molecule has 1 atom stereocenters. The van der Waals surface area contributed by atoms with E-state index >= 15 is 0 Å². The maximum Gasteiger partial charge on any atom is 0.137 e. The minimum absolute atomic E-state index is 0.0833. The average Bonchev–Trinajstić information content (AvgIpc) is 2.85. The molecule has 114 valence electrons. The van der Waals surface area contributed by atoms with E-state index in [2.05, 4.69) is 70.8 Å². The third-order valence-electron chi connectivity index (χ3n) is 3.02. The molecule has 0 radical (unpaired) electrons. The Bertz CT molecular complexity index is 618. The van der Waals surface area contributed by atoms with E-state index < -0.39 is 0 Å². The van der Waals surface area contributed by atoms with E-state index in [1.165, 1.54) is 4.88 Å². The van der Waals surface area contributed by atoms with Gasteiger partial charge in [-0.1, -0.05) is 27.7 Å². The van der Waals surface area contributed by atoms with Crippen molar-refractivity contribution in [2.75, 3.05) is 5.32 Å². The van der Waals surface area contributed by atoms with Crippen LogP contribution in [0.3, 0.4) is 0 Å². The highest BCUT2D eigenvalue weighted by Gasteiger charge is 2.19. The van der Waals surface area contributed by atoms with Gasteiger partial charge in [-0.15, -0.1) is 11.3 Å². The zero-order valence-electron chi connectivity index (χ0n) is 13.1. The van der Waals surface area contributed by atoms with Gasteiger partial charge in [0.05, 0.1) is 6.04 Å². The first kappa shape index (κ1) is 16.4. The van der Waals surface area contributed by atoms with Crippen LogP contribution < -0.4 is 5.32 Å². The van der Waals surface area contributed by atoms with Gasteiger partial charge in [0.2, 0.25) is 0 Å². The van der Waals surface area contributed by atoms with Crippen molar-refractivity contribution in [2.24, 2.45) is 0 Å². The maximum atomic E-state index is 4.62. The van der Waals surface area contributed by atoms with E-state index in [1.54, 1.807) is 11.3 Å². The third-order valence-corrected chi connectivity index (χ3v) is 4.75. The van der Waals surface area contributed by atoms with Gasteiger partial charge in [0.1, 0.15) is 21.3 Å². The molecule has 0 aromatic carbocycles. The van der Waals surface area contributed by atoms with Crippen molar-refractivity contribution in [1.82, 2.24) is 15.0 Å². The average molecular weight is 369 g/mol. The van der Waals surface area contributed by atoms with Crippen LogP contribution in [0.15, 0.2) is 16.9 Å². The van der Waals surface area contributed by atoms with Crippen LogP contribution in [0.2, 0.25) is 0 Å². The Hall–Kier alpha value is -1.01. The van der Waals surface area contributed by atoms with Crippen molar-refractivity contribution in [2.45, 2.75) is 52.5 Å². The molecule has 2 aromatic rings. The van der Waals surface area contributed by atoms with Crippen LogP contribution in [-0.2, 0) is 11.8 Å². The van der Waals surface area contributed by atoms with Crippen LogP contribution in [0.25, 0.3) is 0 Å². The van der Waals surface area contributed by atoms with Crippen LogP contribution in [-0.4, -0.2) is 15.0 Å². The topological polar surface area (TPSA) is 50.7 Å². The molecule has 21 heavy (non-hydrogen) atoms. The monoisotopic (exact) mass is 368 g/mol. The Balaban J connectivity index is 2.20. The normalized spacial score (nSPS) is 13.2. The molecule has 2 heterocycles. The minimum Gasteiger partial charge on any atom is -0.361 e. The number of nitrogens with zero attached hydrogens (tertiary/aromatic N) is 3. The van der Waals surface area contributed by atoms with Crippen molar-refractivity contribution in [3.63, 3.8) is 0 Å². The van der Waals surface area contributed by atoms with Gasteiger partial charge in [0.15, 0.2) is 0 Å². The van der Waals surface area contributed by atoms with Crippen molar-refractivity contribution in [3.8, 4) is 0 Å². The zero-order valence-corrected chi connectivity index (χ0v) is 15.5. The van der Waals surface area contributed by atoms with Crippen molar-refractivity contribution < 1.29 is 0 Å². The number of thiazole rings is 1. The maximum absolute atomic E-state index is 4.62. The van der Waals surface area contributed by atoms with Crippen molar-refractivity contribution in [1.29, 1.82) is 0 Å². The number of nitrogens with one attached hydrogen (secondary N) is 1. The highest BCUT2D eigenvalue weighted by Crippen LogP contribution is 2.26. The second-order valence-electron chi connectivity index (χ2n) is 6.03. The fourth-order valence-corrected chi connectivity index (χ4v) is 3.04. The van der Waals surface area contributed by atoms with Gasteiger partial charge in [0.25, 0.3) is 0 Å². The number of halogens is 1. The van der Waals surface area contributed by atoms with E-state index in [-0.39, 0.29) is 11.5 Å². The Morgan fingerprint density at radius 3 is 2.62 bits per heavy atom. The van der Waals surface area contributed by atoms with Crippen LogP contribution in [0, 0.1) is 0 Å². The number of rotatable bonds is 4. The second kappa shape index (κ2) is 6.40. The summed E-state index contributed by atoms with van der Waals surface area (Å²) in [6.07, 6.45) is 2.98. The summed E-state index contributed by atoms with van der Waals surface area (Å²) in [5.41, 5.74) is -0.0833. The van der Waals surface area contributed by atoms with Crippen LogP contribution in [0.1, 0.15) is 56.4 Å². The lowest BCUT2D eigenvalue weighted by Gasteiger charge is -2.19. The molecule has 0 fully saturated rings. The van der Waals surface area contributed by atoms with E-state index in [4.69, 9.17) is 0 Å². The van der Waals surface area contributed by atoms with Crippen LogP contribution >= 0.6 is 27.3 Å². The number of aryl methyl sites for hydroxylation is 1. The van der Waals surface area contributed by atoms with E-state index in [9.17, 15) is 0 Å². The molecular weight excluding hydrogens is 348 g/mol. The van der Waals surface area contributed by atoms with Gasteiger partial charge in [-0.2, -0.15) is 0 Å². The fourth-order valence-electron chi connectivity index (χ4n) is 1.80. The molecule has 0 bridgehead atoms. The summed E-state index contributed by atoms with van der Waals surface area (Å²) >= 11 is 5.21. The molecular formula is C15H21BrN4S. The lowest BCUT2D eigenvalue weighted by atomic mass is 9.96. The number of hydrogen-bond acceptors (Lipinski definition) is 5. The summed E-state index contributed by atoms with van der Waals surface area (Å²) in [6.45, 7) is 10.6. The molecule has 0 saturated carbocycles. The summed E-state index contributed by atoms with van der Waals surface area (Å²) < 4.78 is 0.797. The van der Waals surface area contributed by atoms with E-state index in [0.717, 1.165) is 27.7 Å². The molecule has 6 heteroatoms.